The molecular weight excluding hydrogens is 1440 g/mol. The van der Waals surface area contributed by atoms with E-state index in [1.807, 2.05) is 84.9 Å². The normalized spacial score (nSPS) is 11.9. The molecule has 0 saturated heterocycles. The van der Waals surface area contributed by atoms with Gasteiger partial charge in [0.15, 0.2) is 34.7 Å². The summed E-state index contributed by atoms with van der Waals surface area (Å²) in [5.74, 6) is 2.72. The second kappa shape index (κ2) is 37.5. The minimum atomic E-state index is -0.0578. The molecule has 1 aliphatic rings. The zero-order valence-electron chi connectivity index (χ0n) is 66.2. The van der Waals surface area contributed by atoms with Crippen LogP contribution in [0.2, 0.25) is 0 Å². The third kappa shape index (κ3) is 18.0. The van der Waals surface area contributed by atoms with E-state index >= 15 is 0 Å². The number of likely N-dealkylation sites (N-methyl/N-ethyl adjacent to an activating group) is 1. The summed E-state index contributed by atoms with van der Waals surface area (Å²) < 4.78 is 25.7. The van der Waals surface area contributed by atoms with E-state index < -0.39 is 0 Å². The van der Waals surface area contributed by atoms with Gasteiger partial charge in [0.1, 0.15) is 17.2 Å². The number of ketones is 6. The van der Waals surface area contributed by atoms with Gasteiger partial charge in [0.05, 0.1) is 54.6 Å². The van der Waals surface area contributed by atoms with Crippen LogP contribution in [0.4, 0.5) is 0 Å². The predicted octanol–water partition coefficient (Wildman–Crippen LogP) is 19.3. The first kappa shape index (κ1) is 84.6. The smallest absolute Gasteiger partial charge is 0.164 e. The second-order valence-corrected chi connectivity index (χ2v) is 29.4. The number of nitrogens with zero attached hydrogens (tertiary/aromatic N) is 7. The molecule has 0 atom stereocenters. The molecule has 0 amide bonds. The number of aromatic nitrogens is 4. The first-order valence-corrected chi connectivity index (χ1v) is 38.6. The van der Waals surface area contributed by atoms with Crippen LogP contribution in [0.25, 0.3) is 98.4 Å². The lowest BCUT2D eigenvalue weighted by molar-refractivity contribution is 0.0984. The second-order valence-electron chi connectivity index (χ2n) is 28.6. The van der Waals surface area contributed by atoms with Crippen LogP contribution in [0.15, 0.2) is 134 Å². The number of alkyl halides is 2. The Morgan fingerprint density at radius 2 is 0.818 bits per heavy atom. The van der Waals surface area contributed by atoms with Gasteiger partial charge in [-0.15, -0.1) is 35.6 Å². The summed E-state index contributed by atoms with van der Waals surface area (Å²) in [6.07, 6.45) is 5.16. The van der Waals surface area contributed by atoms with Gasteiger partial charge in [-0.1, -0.05) is 39.1 Å². The molecule has 2 N–H and O–H groups in total. The number of methoxy groups -OCH3 is 3. The van der Waals surface area contributed by atoms with Gasteiger partial charge < -0.3 is 52.9 Å². The standard InChI is InChI=1S/C25H30Cl2N2O.C24H28N2O2.C23H28N2O4.C18H18N2O2.ClH/c1-4-28(5-2)14-15-29-23-8-6-19(18(3)10-12-26)16-21(23)22-17-20(7-9-24(22)29)25(30)11-13-27;1-15-7-8-18-17(15)9-10-21-24(18)20-13-19(16(2)27)23(28-5)14-22(20)26(21)12-6-11-25(3)4;1-14(26)16-10-18-19-11-17(15(2)27)23(29-6)13-21(19)25(9-7-8-24(3)4)20(18)12-22(16)28-5;1-11(21)13-3-5-17-15(9-13)16-10-14(12(2)22)4-6-18(16)20(17)8-7-19;/h6-9,16-17H,3-5,10-15H2,1-2H3;9-10,13-14H,1,6-8,11-12H2,2-5H3;10-13H,7-9H2,1-6H3;3-6,9-10H,7-8,19H2,1-2H3;1H. The summed E-state index contributed by atoms with van der Waals surface area (Å²) in [6, 6.07) is 40.0. The summed E-state index contributed by atoms with van der Waals surface area (Å²) in [4.78, 5) is 79.1. The highest BCUT2D eigenvalue weighted by molar-refractivity contribution is 6.21. The molecule has 0 radical (unpaired) electrons. The molecule has 0 bridgehead atoms. The van der Waals surface area contributed by atoms with E-state index in [1.165, 1.54) is 47.0 Å². The maximum atomic E-state index is 12.5. The molecule has 13 rings (SSSR count). The minimum absolute atomic E-state index is 0. The van der Waals surface area contributed by atoms with Gasteiger partial charge in [0, 0.05) is 163 Å². The molecule has 0 spiro atoms. The molecule has 4 heterocycles. The maximum absolute atomic E-state index is 12.5. The van der Waals surface area contributed by atoms with Crippen LogP contribution in [0.5, 0.6) is 17.2 Å². The first-order chi connectivity index (χ1) is 52.3. The number of fused-ring (bicyclic) bond motifs is 14. The number of aryl methyl sites for hydroxylation is 3. The summed E-state index contributed by atoms with van der Waals surface area (Å²) in [5, 5.41) is 8.52. The Balaban J connectivity index is 0.000000169. The molecule has 4 aromatic heterocycles. The van der Waals surface area contributed by atoms with E-state index in [4.69, 9.17) is 43.1 Å². The van der Waals surface area contributed by atoms with Gasteiger partial charge in [-0.25, -0.2) is 0 Å². The lowest BCUT2D eigenvalue weighted by atomic mass is 10.00. The fourth-order valence-electron chi connectivity index (χ4n) is 15.3. The number of allylic oxidation sites excluding steroid dienone is 2. The van der Waals surface area contributed by atoms with Crippen LogP contribution in [-0.2, 0) is 32.6 Å². The number of Topliss-reactive ketones (excluding diaryl/α,β-unsaturated/α-hetero) is 6. The number of carbonyl (C=O) groups is 6. The zero-order valence-corrected chi connectivity index (χ0v) is 68.6. The summed E-state index contributed by atoms with van der Waals surface area (Å²) in [7, 11) is 13.1. The van der Waals surface area contributed by atoms with Gasteiger partial charge in [0.2, 0.25) is 0 Å². The average molecular weight is 1550 g/mol. The summed E-state index contributed by atoms with van der Waals surface area (Å²) in [5.41, 5.74) is 24.2. The van der Waals surface area contributed by atoms with Crippen LogP contribution in [-0.4, -0.2) is 168 Å². The Kier molecular flexibility index (Phi) is 28.9. The van der Waals surface area contributed by atoms with E-state index in [9.17, 15) is 28.8 Å². The third-order valence-corrected chi connectivity index (χ3v) is 21.4. The maximum Gasteiger partial charge on any atom is 0.164 e. The van der Waals surface area contributed by atoms with E-state index in [2.05, 4.69) is 125 Å². The van der Waals surface area contributed by atoms with Gasteiger partial charge in [0.25, 0.3) is 0 Å². The highest BCUT2D eigenvalue weighted by atomic mass is 35.5. The number of benzene rings is 8. The van der Waals surface area contributed by atoms with Crippen LogP contribution in [0.3, 0.4) is 0 Å². The van der Waals surface area contributed by atoms with Crippen LogP contribution in [0.1, 0.15) is 159 Å². The highest BCUT2D eigenvalue weighted by Crippen LogP contribution is 2.44. The number of nitrogens with two attached hydrogens (primary N) is 1. The van der Waals surface area contributed by atoms with Crippen molar-refractivity contribution in [1.82, 2.24) is 33.0 Å². The number of halogens is 3. The molecule has 1 aliphatic carbocycles. The Morgan fingerprint density at radius 1 is 0.445 bits per heavy atom. The Labute approximate surface area is 661 Å². The van der Waals surface area contributed by atoms with Crippen molar-refractivity contribution < 1.29 is 43.0 Å². The molecular formula is C90H105Cl3N8O9. The predicted molar refractivity (Wildman–Crippen MR) is 459 cm³/mol. The van der Waals surface area contributed by atoms with E-state index in [0.29, 0.717) is 76.3 Å². The first-order valence-electron chi connectivity index (χ1n) is 37.5. The van der Waals surface area contributed by atoms with Crippen LogP contribution >= 0.6 is 35.6 Å². The molecule has 0 aliphatic heterocycles. The van der Waals surface area contributed by atoms with Crippen molar-refractivity contribution >= 4 is 169 Å². The van der Waals surface area contributed by atoms with E-state index in [-0.39, 0.29) is 47.1 Å². The van der Waals surface area contributed by atoms with Crippen molar-refractivity contribution in [3.63, 3.8) is 0 Å². The summed E-state index contributed by atoms with van der Waals surface area (Å²) >= 11 is 11.7. The average Bonchev–Trinajstić information content (AvgIpc) is 1.59. The SMILES string of the molecule is C=C(CCCl)c1ccc2c(c1)c1cc(C(=O)CCCl)ccc1n2CCN(CC)CC.C=C1CCc2c1ccc1c2c2cc(C(C)=O)c(OC)cc2n1CCCN(C)C.CC(=O)c1ccc2c(c1)c1cc(C(C)=O)ccc1n2CCN.COc1cc2c(cc1C(C)=O)c1cc(C(C)=O)c(OC)cc1n2CCCN(C)C.Cl. The van der Waals surface area contributed by atoms with Gasteiger partial charge >= 0.3 is 0 Å². The topological polar surface area (TPSA) is 186 Å². The van der Waals surface area contributed by atoms with Gasteiger partial charge in [-0.3, -0.25) is 28.8 Å². The molecule has 0 unspecified atom stereocenters. The molecule has 8 aromatic carbocycles. The Bertz CT molecular complexity index is 5290. The van der Waals surface area contributed by atoms with Crippen LogP contribution in [0, 0.1) is 0 Å². The van der Waals surface area contributed by atoms with Crippen molar-refractivity contribution in [2.24, 2.45) is 5.73 Å². The molecule has 12 aromatic rings. The zero-order chi connectivity index (χ0) is 78.8. The summed E-state index contributed by atoms with van der Waals surface area (Å²) in [6.45, 7) is 29.5. The van der Waals surface area contributed by atoms with Crippen molar-refractivity contribution in [2.45, 2.75) is 113 Å². The molecule has 110 heavy (non-hydrogen) atoms. The van der Waals surface area contributed by atoms with Crippen LogP contribution < -0.4 is 19.9 Å². The fraction of sp³-hybridized carbons (Fsp3) is 0.356. The lowest BCUT2D eigenvalue weighted by Gasteiger charge is -2.19. The minimum Gasteiger partial charge on any atom is -0.496 e. The molecule has 580 valence electrons. The largest absolute Gasteiger partial charge is 0.496 e. The number of rotatable bonds is 29. The highest BCUT2D eigenvalue weighted by Gasteiger charge is 2.26. The van der Waals surface area contributed by atoms with Crippen molar-refractivity contribution in [1.29, 1.82) is 0 Å². The van der Waals surface area contributed by atoms with Crippen molar-refractivity contribution in [3.8, 4) is 17.2 Å². The number of carbonyl (C=O) groups excluding carboxylic acids is 6. The number of hydrogen-bond acceptors (Lipinski definition) is 13. The molecule has 20 heteroatoms. The molecule has 0 saturated carbocycles. The van der Waals surface area contributed by atoms with Crippen molar-refractivity contribution in [3.05, 3.63) is 185 Å². The molecule has 0 fully saturated rings. The lowest BCUT2D eigenvalue weighted by Crippen LogP contribution is -2.26. The number of hydrogen-bond donors (Lipinski definition) is 1. The number of ether oxygens (including phenoxy) is 3. The fourth-order valence-corrected chi connectivity index (χ4v) is 15.7. The quantitative estimate of drug-likeness (QED) is 0.0345. The monoisotopic (exact) mass is 1550 g/mol. The third-order valence-electron chi connectivity index (χ3n) is 21.0. The Morgan fingerprint density at radius 3 is 1.23 bits per heavy atom. The van der Waals surface area contributed by atoms with Crippen molar-refractivity contribution in [2.75, 3.05) is 101 Å². The van der Waals surface area contributed by atoms with E-state index in [1.54, 1.807) is 42.1 Å². The molecule has 17 nitrogen and oxygen atoms in total. The van der Waals surface area contributed by atoms with Gasteiger partial charge in [-0.2, -0.15) is 0 Å². The van der Waals surface area contributed by atoms with Gasteiger partial charge in [-0.05, 0) is 240 Å². The van der Waals surface area contributed by atoms with E-state index in [0.717, 1.165) is 172 Å². The Hall–Kier alpha value is -9.43.